The lowest BCUT2D eigenvalue weighted by Gasteiger charge is -2.04. The number of amides is 1. The minimum absolute atomic E-state index is 0.178. The standard InChI is InChI=1S/C18H15N5O2S/c1-11-7-8-26-17(11)18(24)21-14-10-23-15(20-14)5-6-16(22-23)25-13-4-3-12(2)19-9-13/h3-10H,1-2H3,(H,21,24). The lowest BCUT2D eigenvalue weighted by molar-refractivity contribution is 0.102. The zero-order valence-electron chi connectivity index (χ0n) is 14.1. The molecule has 0 saturated carbocycles. The number of thiophene rings is 1. The number of carbonyl (C=O) groups excluding carboxylic acids is 1. The second-order valence-corrected chi connectivity index (χ2v) is 6.64. The maximum atomic E-state index is 12.3. The molecule has 1 N–H and O–H groups in total. The lowest BCUT2D eigenvalue weighted by atomic mass is 10.3. The van der Waals surface area contributed by atoms with Crippen LogP contribution in [0, 0.1) is 13.8 Å². The van der Waals surface area contributed by atoms with Crippen molar-refractivity contribution in [3.8, 4) is 11.6 Å². The third-order valence-corrected chi connectivity index (χ3v) is 4.73. The number of pyridine rings is 1. The first-order chi connectivity index (χ1) is 12.6. The number of fused-ring (bicyclic) bond motifs is 1. The third-order valence-electron chi connectivity index (χ3n) is 3.71. The van der Waals surface area contributed by atoms with E-state index in [-0.39, 0.29) is 5.91 Å². The molecule has 0 atom stereocenters. The van der Waals surface area contributed by atoms with Gasteiger partial charge in [-0.05, 0) is 49.1 Å². The monoisotopic (exact) mass is 365 g/mol. The molecule has 0 aliphatic heterocycles. The van der Waals surface area contributed by atoms with Crippen LogP contribution in [0.1, 0.15) is 20.9 Å². The predicted octanol–water partition coefficient (Wildman–Crippen LogP) is 3.85. The van der Waals surface area contributed by atoms with Gasteiger partial charge in [0.1, 0.15) is 5.75 Å². The Morgan fingerprint density at radius 2 is 2.08 bits per heavy atom. The van der Waals surface area contributed by atoms with Crippen LogP contribution >= 0.6 is 11.3 Å². The van der Waals surface area contributed by atoms with Crippen molar-refractivity contribution in [2.24, 2.45) is 0 Å². The van der Waals surface area contributed by atoms with Crippen molar-refractivity contribution in [2.45, 2.75) is 13.8 Å². The molecule has 0 fully saturated rings. The van der Waals surface area contributed by atoms with Crippen LogP contribution in [-0.2, 0) is 0 Å². The second-order valence-electron chi connectivity index (χ2n) is 5.72. The Hall–Kier alpha value is -3.26. The molecule has 0 saturated heterocycles. The number of aryl methyl sites for hydroxylation is 2. The van der Waals surface area contributed by atoms with Gasteiger partial charge in [0.2, 0.25) is 5.88 Å². The van der Waals surface area contributed by atoms with Gasteiger partial charge in [-0.25, -0.2) is 9.50 Å². The molecular formula is C18H15N5O2S. The third kappa shape index (κ3) is 3.27. The molecule has 0 aliphatic rings. The molecule has 0 unspecified atom stereocenters. The van der Waals surface area contributed by atoms with Crippen LogP contribution in [0.2, 0.25) is 0 Å². The average molecular weight is 365 g/mol. The average Bonchev–Trinajstić information content (AvgIpc) is 3.22. The fraction of sp³-hybridized carbons (Fsp3) is 0.111. The summed E-state index contributed by atoms with van der Waals surface area (Å²) in [7, 11) is 0. The maximum Gasteiger partial charge on any atom is 0.267 e. The Morgan fingerprint density at radius 3 is 2.81 bits per heavy atom. The van der Waals surface area contributed by atoms with E-state index in [0.717, 1.165) is 11.3 Å². The molecule has 7 nitrogen and oxygen atoms in total. The van der Waals surface area contributed by atoms with E-state index in [1.165, 1.54) is 11.3 Å². The summed E-state index contributed by atoms with van der Waals surface area (Å²) in [5.41, 5.74) is 2.46. The molecule has 1 amide bonds. The van der Waals surface area contributed by atoms with Crippen LogP contribution in [-0.4, -0.2) is 25.5 Å². The summed E-state index contributed by atoms with van der Waals surface area (Å²) >= 11 is 1.40. The van der Waals surface area contributed by atoms with E-state index in [0.29, 0.717) is 28.0 Å². The molecule has 4 aromatic heterocycles. The van der Waals surface area contributed by atoms with Crippen LogP contribution in [0.5, 0.6) is 11.6 Å². The SMILES string of the molecule is Cc1ccc(Oc2ccc3nc(NC(=O)c4sccc4C)cn3n2)cn1. The van der Waals surface area contributed by atoms with Crippen molar-refractivity contribution in [1.82, 2.24) is 19.6 Å². The van der Waals surface area contributed by atoms with E-state index in [1.807, 2.05) is 37.4 Å². The minimum atomic E-state index is -0.178. The number of nitrogens with zero attached hydrogens (tertiary/aromatic N) is 4. The van der Waals surface area contributed by atoms with Gasteiger partial charge < -0.3 is 10.1 Å². The highest BCUT2D eigenvalue weighted by molar-refractivity contribution is 7.12. The summed E-state index contributed by atoms with van der Waals surface area (Å²) in [5, 5.41) is 9.04. The van der Waals surface area contributed by atoms with Gasteiger partial charge in [-0.2, -0.15) is 0 Å². The van der Waals surface area contributed by atoms with Crippen molar-refractivity contribution in [3.63, 3.8) is 0 Å². The molecule has 0 radical (unpaired) electrons. The first-order valence-electron chi connectivity index (χ1n) is 7.91. The summed E-state index contributed by atoms with van der Waals surface area (Å²) in [6, 6.07) is 9.10. The summed E-state index contributed by atoms with van der Waals surface area (Å²) < 4.78 is 7.26. The molecule has 0 aliphatic carbocycles. The van der Waals surface area contributed by atoms with Crippen molar-refractivity contribution >= 4 is 28.7 Å². The molecule has 0 bridgehead atoms. The number of anilines is 1. The summed E-state index contributed by atoms with van der Waals surface area (Å²) in [6.07, 6.45) is 3.29. The predicted molar refractivity (Wildman–Crippen MR) is 99.0 cm³/mol. The van der Waals surface area contributed by atoms with Crippen LogP contribution in [0.4, 0.5) is 5.82 Å². The van der Waals surface area contributed by atoms with Gasteiger partial charge in [0, 0.05) is 11.8 Å². The van der Waals surface area contributed by atoms with Gasteiger partial charge in [-0.1, -0.05) is 0 Å². The molecule has 130 valence electrons. The topological polar surface area (TPSA) is 81.4 Å². The van der Waals surface area contributed by atoms with Crippen molar-refractivity contribution in [2.75, 3.05) is 5.32 Å². The number of hydrogen-bond acceptors (Lipinski definition) is 6. The fourth-order valence-electron chi connectivity index (χ4n) is 2.39. The number of aromatic nitrogens is 4. The second kappa shape index (κ2) is 6.57. The minimum Gasteiger partial charge on any atom is -0.436 e. The normalized spacial score (nSPS) is 10.8. The van der Waals surface area contributed by atoms with Crippen molar-refractivity contribution in [3.05, 3.63) is 64.2 Å². The molecule has 4 aromatic rings. The summed E-state index contributed by atoms with van der Waals surface area (Å²) in [6.45, 7) is 3.81. The van der Waals surface area contributed by atoms with Crippen LogP contribution in [0.15, 0.2) is 48.1 Å². The Bertz CT molecular complexity index is 1080. The van der Waals surface area contributed by atoms with Crippen LogP contribution < -0.4 is 10.1 Å². The molecular weight excluding hydrogens is 350 g/mol. The summed E-state index contributed by atoms with van der Waals surface area (Å²) in [4.78, 5) is 21.5. The van der Waals surface area contributed by atoms with E-state index in [4.69, 9.17) is 4.74 Å². The number of carbonyl (C=O) groups is 1. The van der Waals surface area contributed by atoms with Gasteiger partial charge in [0.15, 0.2) is 11.5 Å². The van der Waals surface area contributed by atoms with E-state index in [1.54, 1.807) is 29.0 Å². The van der Waals surface area contributed by atoms with Crippen LogP contribution in [0.25, 0.3) is 5.65 Å². The molecule has 26 heavy (non-hydrogen) atoms. The highest BCUT2D eigenvalue weighted by Gasteiger charge is 2.13. The van der Waals surface area contributed by atoms with Crippen molar-refractivity contribution in [1.29, 1.82) is 0 Å². The lowest BCUT2D eigenvalue weighted by Crippen LogP contribution is -2.11. The zero-order chi connectivity index (χ0) is 18.1. The first kappa shape index (κ1) is 16.2. The Kier molecular flexibility index (Phi) is 4.10. The smallest absolute Gasteiger partial charge is 0.267 e. The Balaban J connectivity index is 1.55. The van der Waals surface area contributed by atoms with E-state index >= 15 is 0 Å². The number of rotatable bonds is 4. The molecule has 4 rings (SSSR count). The molecule has 4 heterocycles. The highest BCUT2D eigenvalue weighted by Crippen LogP contribution is 2.21. The van der Waals surface area contributed by atoms with E-state index in [9.17, 15) is 4.79 Å². The van der Waals surface area contributed by atoms with Gasteiger partial charge in [0.25, 0.3) is 5.91 Å². The zero-order valence-corrected chi connectivity index (χ0v) is 14.9. The first-order valence-corrected chi connectivity index (χ1v) is 8.79. The Morgan fingerprint density at radius 1 is 1.19 bits per heavy atom. The number of ether oxygens (including phenoxy) is 1. The number of nitrogens with one attached hydrogen (secondary N) is 1. The van der Waals surface area contributed by atoms with Gasteiger partial charge in [-0.15, -0.1) is 16.4 Å². The van der Waals surface area contributed by atoms with Crippen LogP contribution in [0.3, 0.4) is 0 Å². The van der Waals surface area contributed by atoms with Gasteiger partial charge in [0.05, 0.1) is 17.3 Å². The van der Waals surface area contributed by atoms with E-state index < -0.39 is 0 Å². The quantitative estimate of drug-likeness (QED) is 0.594. The van der Waals surface area contributed by atoms with Gasteiger partial charge in [-0.3, -0.25) is 9.78 Å². The molecule has 0 spiro atoms. The highest BCUT2D eigenvalue weighted by atomic mass is 32.1. The van der Waals surface area contributed by atoms with E-state index in [2.05, 4.69) is 20.4 Å². The summed E-state index contributed by atoms with van der Waals surface area (Å²) in [5.74, 6) is 1.27. The molecule has 8 heteroatoms. The Labute approximate surface area is 153 Å². The molecule has 0 aromatic carbocycles. The number of imidazole rings is 1. The largest absolute Gasteiger partial charge is 0.436 e. The number of hydrogen-bond donors (Lipinski definition) is 1. The van der Waals surface area contributed by atoms with Crippen molar-refractivity contribution < 1.29 is 9.53 Å². The fourth-order valence-corrected chi connectivity index (χ4v) is 3.21. The van der Waals surface area contributed by atoms with Gasteiger partial charge >= 0.3 is 0 Å². The maximum absolute atomic E-state index is 12.3.